The summed E-state index contributed by atoms with van der Waals surface area (Å²) in [7, 11) is -3.22. The fraction of sp³-hybridized carbons (Fsp3) is 0.455. The fourth-order valence-corrected chi connectivity index (χ4v) is 2.07. The van der Waals surface area contributed by atoms with Crippen LogP contribution in [-0.4, -0.2) is 26.4 Å². The molecule has 90 valence electrons. The van der Waals surface area contributed by atoms with Crippen LogP contribution in [0.3, 0.4) is 0 Å². The van der Waals surface area contributed by atoms with E-state index in [4.69, 9.17) is 5.11 Å². The van der Waals surface area contributed by atoms with Crippen LogP contribution in [0.4, 0.5) is 5.69 Å². The van der Waals surface area contributed by atoms with E-state index in [2.05, 4.69) is 4.72 Å². The second-order valence-corrected chi connectivity index (χ2v) is 5.53. The summed E-state index contributed by atoms with van der Waals surface area (Å²) >= 11 is 0. The van der Waals surface area contributed by atoms with E-state index in [0.717, 1.165) is 18.2 Å². The van der Waals surface area contributed by atoms with Crippen LogP contribution >= 0.6 is 0 Å². The van der Waals surface area contributed by atoms with E-state index in [0.29, 0.717) is 5.69 Å². The SMILES string of the molecule is CCC(CO)c1ccc(NS(C)(=O)=O)cc1. The molecule has 5 heteroatoms. The van der Waals surface area contributed by atoms with Crippen molar-refractivity contribution in [2.45, 2.75) is 19.3 Å². The topological polar surface area (TPSA) is 66.4 Å². The van der Waals surface area contributed by atoms with E-state index < -0.39 is 10.0 Å². The molecule has 1 unspecified atom stereocenters. The molecular weight excluding hydrogens is 226 g/mol. The molecule has 0 saturated heterocycles. The van der Waals surface area contributed by atoms with E-state index >= 15 is 0 Å². The molecular formula is C11H17NO3S. The number of anilines is 1. The molecule has 0 fully saturated rings. The second kappa shape index (κ2) is 5.32. The Labute approximate surface area is 96.4 Å². The number of hydrogen-bond donors (Lipinski definition) is 2. The van der Waals surface area contributed by atoms with E-state index in [-0.39, 0.29) is 12.5 Å². The highest BCUT2D eigenvalue weighted by atomic mass is 32.2. The average molecular weight is 243 g/mol. The van der Waals surface area contributed by atoms with Crippen LogP contribution in [0.1, 0.15) is 24.8 Å². The van der Waals surface area contributed by atoms with Gasteiger partial charge in [-0.1, -0.05) is 19.1 Å². The molecule has 4 nitrogen and oxygen atoms in total. The van der Waals surface area contributed by atoms with Crippen molar-refractivity contribution in [3.8, 4) is 0 Å². The second-order valence-electron chi connectivity index (χ2n) is 3.78. The lowest BCUT2D eigenvalue weighted by atomic mass is 9.97. The monoisotopic (exact) mass is 243 g/mol. The molecule has 0 radical (unpaired) electrons. The Morgan fingerprint density at radius 1 is 1.31 bits per heavy atom. The number of rotatable bonds is 5. The molecule has 1 aromatic rings. The Bertz CT molecular complexity index is 421. The number of sulfonamides is 1. The summed E-state index contributed by atoms with van der Waals surface area (Å²) < 4.78 is 24.4. The molecule has 0 amide bonds. The summed E-state index contributed by atoms with van der Waals surface area (Å²) in [5.74, 6) is 0.118. The van der Waals surface area contributed by atoms with Crippen molar-refractivity contribution in [1.29, 1.82) is 0 Å². The molecule has 0 saturated carbocycles. The zero-order valence-corrected chi connectivity index (χ0v) is 10.3. The van der Waals surface area contributed by atoms with Gasteiger partial charge in [0.05, 0.1) is 6.26 Å². The molecule has 0 aliphatic rings. The first-order chi connectivity index (χ1) is 7.46. The van der Waals surface area contributed by atoms with Crippen molar-refractivity contribution >= 4 is 15.7 Å². The number of nitrogens with one attached hydrogen (secondary N) is 1. The Morgan fingerprint density at radius 2 is 1.88 bits per heavy atom. The normalized spacial score (nSPS) is 13.4. The maximum atomic E-state index is 11.0. The third-order valence-electron chi connectivity index (χ3n) is 2.40. The highest BCUT2D eigenvalue weighted by molar-refractivity contribution is 7.92. The minimum absolute atomic E-state index is 0.106. The molecule has 0 heterocycles. The van der Waals surface area contributed by atoms with Gasteiger partial charge in [-0.05, 0) is 24.1 Å². The maximum Gasteiger partial charge on any atom is 0.229 e. The van der Waals surface area contributed by atoms with Crippen LogP contribution in [0.2, 0.25) is 0 Å². The zero-order chi connectivity index (χ0) is 12.2. The van der Waals surface area contributed by atoms with Crippen LogP contribution in [0.5, 0.6) is 0 Å². The van der Waals surface area contributed by atoms with Crippen LogP contribution in [0, 0.1) is 0 Å². The Hall–Kier alpha value is -1.07. The molecule has 2 N–H and O–H groups in total. The van der Waals surface area contributed by atoms with Crippen LogP contribution < -0.4 is 4.72 Å². The minimum atomic E-state index is -3.22. The van der Waals surface area contributed by atoms with Gasteiger partial charge in [0.25, 0.3) is 0 Å². The Morgan fingerprint density at radius 3 is 2.25 bits per heavy atom. The molecule has 0 aromatic heterocycles. The van der Waals surface area contributed by atoms with Gasteiger partial charge in [0.1, 0.15) is 0 Å². The molecule has 0 aliphatic heterocycles. The summed E-state index contributed by atoms with van der Waals surface area (Å²) in [6.45, 7) is 2.11. The highest BCUT2D eigenvalue weighted by Gasteiger charge is 2.08. The minimum Gasteiger partial charge on any atom is -0.396 e. The number of aliphatic hydroxyl groups is 1. The van der Waals surface area contributed by atoms with Gasteiger partial charge in [-0.25, -0.2) is 8.42 Å². The molecule has 0 bridgehead atoms. The lowest BCUT2D eigenvalue weighted by molar-refractivity contribution is 0.262. The van der Waals surface area contributed by atoms with Crippen molar-refractivity contribution in [2.75, 3.05) is 17.6 Å². The lowest BCUT2D eigenvalue weighted by Gasteiger charge is -2.12. The molecule has 0 spiro atoms. The van der Waals surface area contributed by atoms with Crippen molar-refractivity contribution in [2.24, 2.45) is 0 Å². The van der Waals surface area contributed by atoms with Crippen molar-refractivity contribution in [3.63, 3.8) is 0 Å². The number of aliphatic hydroxyl groups excluding tert-OH is 1. The van der Waals surface area contributed by atoms with Gasteiger partial charge in [0.2, 0.25) is 10.0 Å². The van der Waals surface area contributed by atoms with Gasteiger partial charge in [0, 0.05) is 18.2 Å². The van der Waals surface area contributed by atoms with Gasteiger partial charge < -0.3 is 5.11 Å². The Kier molecular flexibility index (Phi) is 4.32. The third kappa shape index (κ3) is 3.83. The van der Waals surface area contributed by atoms with E-state index in [1.807, 2.05) is 19.1 Å². The van der Waals surface area contributed by atoms with Gasteiger partial charge in [0.15, 0.2) is 0 Å². The summed E-state index contributed by atoms with van der Waals surface area (Å²) in [4.78, 5) is 0. The summed E-state index contributed by atoms with van der Waals surface area (Å²) in [6.07, 6.45) is 1.97. The van der Waals surface area contributed by atoms with E-state index in [1.165, 1.54) is 0 Å². The average Bonchev–Trinajstić information content (AvgIpc) is 2.20. The van der Waals surface area contributed by atoms with E-state index in [1.54, 1.807) is 12.1 Å². The molecule has 1 aromatic carbocycles. The van der Waals surface area contributed by atoms with Crippen molar-refractivity contribution < 1.29 is 13.5 Å². The van der Waals surface area contributed by atoms with Crippen molar-refractivity contribution in [3.05, 3.63) is 29.8 Å². The summed E-state index contributed by atoms with van der Waals surface area (Å²) in [5.41, 5.74) is 1.56. The van der Waals surface area contributed by atoms with Gasteiger partial charge >= 0.3 is 0 Å². The summed E-state index contributed by atoms with van der Waals surface area (Å²) in [5, 5.41) is 9.12. The highest BCUT2D eigenvalue weighted by Crippen LogP contribution is 2.20. The third-order valence-corrected chi connectivity index (χ3v) is 3.01. The molecule has 16 heavy (non-hydrogen) atoms. The van der Waals surface area contributed by atoms with Gasteiger partial charge in [-0.2, -0.15) is 0 Å². The maximum absolute atomic E-state index is 11.0. The summed E-state index contributed by atoms with van der Waals surface area (Å²) in [6, 6.07) is 7.07. The first-order valence-corrected chi connectivity index (χ1v) is 7.04. The quantitative estimate of drug-likeness (QED) is 0.824. The zero-order valence-electron chi connectivity index (χ0n) is 9.47. The Balaban J connectivity index is 2.82. The van der Waals surface area contributed by atoms with E-state index in [9.17, 15) is 8.42 Å². The smallest absolute Gasteiger partial charge is 0.229 e. The van der Waals surface area contributed by atoms with Gasteiger partial charge in [-0.3, -0.25) is 4.72 Å². The largest absolute Gasteiger partial charge is 0.396 e. The number of benzene rings is 1. The predicted molar refractivity (Wildman–Crippen MR) is 65.0 cm³/mol. The van der Waals surface area contributed by atoms with Gasteiger partial charge in [-0.15, -0.1) is 0 Å². The molecule has 0 aliphatic carbocycles. The first-order valence-electron chi connectivity index (χ1n) is 5.15. The predicted octanol–water partition coefficient (Wildman–Crippen LogP) is 1.54. The van der Waals surface area contributed by atoms with Crippen LogP contribution in [-0.2, 0) is 10.0 Å². The fourth-order valence-electron chi connectivity index (χ4n) is 1.51. The van der Waals surface area contributed by atoms with Crippen LogP contribution in [0.25, 0.3) is 0 Å². The lowest BCUT2D eigenvalue weighted by Crippen LogP contribution is -2.09. The molecule has 1 atom stereocenters. The molecule has 1 rings (SSSR count). The first kappa shape index (κ1) is 13.0. The van der Waals surface area contributed by atoms with Crippen LogP contribution in [0.15, 0.2) is 24.3 Å². The van der Waals surface area contributed by atoms with Crippen molar-refractivity contribution in [1.82, 2.24) is 0 Å². The number of hydrogen-bond acceptors (Lipinski definition) is 3. The standard InChI is InChI=1S/C11H17NO3S/c1-3-9(8-13)10-4-6-11(7-5-10)12-16(2,14)15/h4-7,9,12-13H,3,8H2,1-2H3.